The number of amides is 1. The third-order valence-electron chi connectivity index (χ3n) is 5.26. The summed E-state index contributed by atoms with van der Waals surface area (Å²) in [4.78, 5) is 16.8. The van der Waals surface area contributed by atoms with E-state index in [2.05, 4.69) is 10.3 Å². The molecule has 8 heteroatoms. The van der Waals surface area contributed by atoms with Crippen molar-refractivity contribution in [1.82, 2.24) is 5.32 Å². The summed E-state index contributed by atoms with van der Waals surface area (Å²) in [7, 11) is 3.25. The fourth-order valence-corrected chi connectivity index (χ4v) is 4.43. The lowest BCUT2D eigenvalue weighted by Crippen LogP contribution is -2.25. The summed E-state index contributed by atoms with van der Waals surface area (Å²) in [5.41, 5.74) is 3.97. The van der Waals surface area contributed by atoms with Crippen molar-refractivity contribution in [1.29, 1.82) is 0 Å². The van der Waals surface area contributed by atoms with Crippen LogP contribution in [-0.2, 0) is 4.79 Å². The Balaban J connectivity index is 1.79. The molecule has 0 atom stereocenters. The predicted octanol–water partition coefficient (Wildman–Crippen LogP) is 5.14. The Kier molecular flexibility index (Phi) is 6.93. The van der Waals surface area contributed by atoms with Crippen LogP contribution in [-0.4, -0.2) is 44.2 Å². The molecule has 0 aliphatic carbocycles. The van der Waals surface area contributed by atoms with Gasteiger partial charge < -0.3 is 23.9 Å². The molecule has 4 rings (SSSR count). The monoisotopic (exact) mass is 466 g/mol. The van der Waals surface area contributed by atoms with E-state index in [0.29, 0.717) is 34.6 Å². The van der Waals surface area contributed by atoms with Gasteiger partial charge in [0, 0.05) is 40.0 Å². The summed E-state index contributed by atoms with van der Waals surface area (Å²) in [6.45, 7) is 5.02. The quantitative estimate of drug-likeness (QED) is 0.486. The van der Waals surface area contributed by atoms with Crippen molar-refractivity contribution in [3.05, 3.63) is 48.2 Å². The first-order chi connectivity index (χ1) is 16.0. The van der Waals surface area contributed by atoms with E-state index in [-0.39, 0.29) is 5.91 Å². The molecule has 1 aliphatic heterocycles. The van der Waals surface area contributed by atoms with Crippen LogP contribution in [0.15, 0.2) is 52.1 Å². The van der Waals surface area contributed by atoms with Gasteiger partial charge in [-0.2, -0.15) is 0 Å². The van der Waals surface area contributed by atoms with Crippen LogP contribution < -0.4 is 19.5 Å². The van der Waals surface area contributed by atoms with Gasteiger partial charge in [-0.05, 0) is 43.7 Å². The minimum Gasteiger partial charge on any atom is -0.497 e. The zero-order valence-corrected chi connectivity index (χ0v) is 19.9. The minimum atomic E-state index is -0.218. The van der Waals surface area contributed by atoms with Crippen LogP contribution in [0, 0.1) is 0 Å². The third kappa shape index (κ3) is 4.85. The van der Waals surface area contributed by atoms with E-state index in [1.807, 2.05) is 44.2 Å². The van der Waals surface area contributed by atoms with Crippen molar-refractivity contribution in [2.75, 3.05) is 33.1 Å². The molecule has 0 bridgehead atoms. The van der Waals surface area contributed by atoms with Crippen molar-refractivity contribution in [2.24, 2.45) is 4.99 Å². The molecule has 1 N–H and O–H groups in total. The number of rotatable bonds is 7. The lowest BCUT2D eigenvalue weighted by molar-refractivity contribution is -0.115. The van der Waals surface area contributed by atoms with E-state index >= 15 is 0 Å². The van der Waals surface area contributed by atoms with Gasteiger partial charge >= 0.3 is 0 Å². The molecule has 7 nitrogen and oxygen atoms in total. The van der Waals surface area contributed by atoms with E-state index in [0.717, 1.165) is 39.9 Å². The van der Waals surface area contributed by atoms with E-state index in [9.17, 15) is 4.79 Å². The van der Waals surface area contributed by atoms with Gasteiger partial charge in [-0.1, -0.05) is 11.8 Å². The molecule has 0 saturated heterocycles. The van der Waals surface area contributed by atoms with Crippen molar-refractivity contribution >= 4 is 39.4 Å². The number of ether oxygens (including phenoxy) is 3. The zero-order valence-electron chi connectivity index (χ0n) is 19.1. The summed E-state index contributed by atoms with van der Waals surface area (Å²) < 4.78 is 22.7. The SMILES string of the molecule is CCOc1cc2occ(-c3cc(OC)ccc3OC)c2cc1/C(C)=C/C(=O)NC1=NCCS1. The largest absolute Gasteiger partial charge is 0.497 e. The van der Waals surface area contributed by atoms with Crippen molar-refractivity contribution in [3.8, 4) is 28.4 Å². The molecule has 0 saturated carbocycles. The summed E-state index contributed by atoms with van der Waals surface area (Å²) in [5.74, 6) is 2.74. The number of benzene rings is 2. The zero-order chi connectivity index (χ0) is 23.4. The van der Waals surface area contributed by atoms with Gasteiger partial charge in [0.2, 0.25) is 5.91 Å². The number of furan rings is 1. The molecular formula is C25H26N2O5S. The lowest BCUT2D eigenvalue weighted by atomic mass is 9.98. The third-order valence-corrected chi connectivity index (χ3v) is 6.15. The summed E-state index contributed by atoms with van der Waals surface area (Å²) in [6.07, 6.45) is 3.26. The first-order valence-corrected chi connectivity index (χ1v) is 11.6. The standard InChI is InChI=1S/C25H26N2O5S/c1-5-31-22-13-23-19(12-17(22)15(2)10-24(28)27-25-26-8-9-33-25)20(14-32-23)18-11-16(29-3)6-7-21(18)30-4/h6-7,10-14H,5,8-9H2,1-4H3,(H,26,27,28)/b15-10+. The fraction of sp³-hybridized carbons (Fsp3) is 0.280. The Hall–Kier alpha value is -3.39. The number of carbonyl (C=O) groups is 1. The molecule has 0 unspecified atom stereocenters. The molecule has 0 radical (unpaired) electrons. The molecule has 1 aliphatic rings. The Labute approximate surface area is 196 Å². The Bertz CT molecular complexity index is 1250. The summed E-state index contributed by atoms with van der Waals surface area (Å²) in [5, 5.41) is 4.37. The second-order valence-corrected chi connectivity index (χ2v) is 8.43. The average molecular weight is 467 g/mol. The van der Waals surface area contributed by atoms with Crippen LogP contribution in [0.5, 0.6) is 17.2 Å². The number of fused-ring (bicyclic) bond motifs is 1. The van der Waals surface area contributed by atoms with Crippen molar-refractivity contribution in [2.45, 2.75) is 13.8 Å². The molecular weight excluding hydrogens is 440 g/mol. The van der Waals surface area contributed by atoms with E-state index in [1.54, 1.807) is 38.3 Å². The van der Waals surface area contributed by atoms with Gasteiger partial charge in [0.05, 0.1) is 33.6 Å². The average Bonchev–Trinajstić information content (AvgIpc) is 3.47. The van der Waals surface area contributed by atoms with Crippen LogP contribution in [0.1, 0.15) is 19.4 Å². The topological polar surface area (TPSA) is 82.3 Å². The van der Waals surface area contributed by atoms with Crippen LogP contribution in [0.2, 0.25) is 0 Å². The number of aliphatic imine (C=N–C) groups is 1. The highest BCUT2D eigenvalue weighted by atomic mass is 32.2. The van der Waals surface area contributed by atoms with Crippen LogP contribution >= 0.6 is 11.8 Å². The fourth-order valence-electron chi connectivity index (χ4n) is 3.70. The number of methoxy groups -OCH3 is 2. The highest BCUT2D eigenvalue weighted by Crippen LogP contribution is 2.41. The summed E-state index contributed by atoms with van der Waals surface area (Å²) in [6, 6.07) is 9.47. The van der Waals surface area contributed by atoms with Crippen molar-refractivity contribution in [3.63, 3.8) is 0 Å². The number of nitrogens with zero attached hydrogens (tertiary/aromatic N) is 1. The summed E-state index contributed by atoms with van der Waals surface area (Å²) >= 11 is 1.54. The lowest BCUT2D eigenvalue weighted by Gasteiger charge is -2.13. The van der Waals surface area contributed by atoms with Gasteiger partial charge in [0.15, 0.2) is 5.17 Å². The maximum atomic E-state index is 12.5. The molecule has 33 heavy (non-hydrogen) atoms. The first-order valence-electron chi connectivity index (χ1n) is 10.6. The normalized spacial score (nSPS) is 13.7. The van der Waals surface area contributed by atoms with E-state index in [1.165, 1.54) is 0 Å². The maximum Gasteiger partial charge on any atom is 0.250 e. The Morgan fingerprint density at radius 1 is 1.18 bits per heavy atom. The van der Waals surface area contributed by atoms with Gasteiger partial charge in [-0.25, -0.2) is 0 Å². The maximum absolute atomic E-state index is 12.5. The van der Waals surface area contributed by atoms with Gasteiger partial charge in [0.1, 0.15) is 22.8 Å². The number of hydrogen-bond donors (Lipinski definition) is 1. The van der Waals surface area contributed by atoms with Gasteiger partial charge in [-0.3, -0.25) is 9.79 Å². The van der Waals surface area contributed by atoms with Gasteiger partial charge in [0.25, 0.3) is 0 Å². The number of carbonyl (C=O) groups excluding carboxylic acids is 1. The predicted molar refractivity (Wildman–Crippen MR) is 132 cm³/mol. The van der Waals surface area contributed by atoms with Crippen LogP contribution in [0.3, 0.4) is 0 Å². The molecule has 2 heterocycles. The molecule has 1 amide bonds. The Morgan fingerprint density at radius 2 is 2.03 bits per heavy atom. The molecule has 2 aromatic carbocycles. The second kappa shape index (κ2) is 10.0. The van der Waals surface area contributed by atoms with Crippen molar-refractivity contribution < 1.29 is 23.4 Å². The van der Waals surface area contributed by atoms with Crippen LogP contribution in [0.4, 0.5) is 0 Å². The first kappa shape index (κ1) is 22.8. The highest BCUT2D eigenvalue weighted by molar-refractivity contribution is 8.14. The van der Waals surface area contributed by atoms with E-state index in [4.69, 9.17) is 18.6 Å². The van der Waals surface area contributed by atoms with Crippen LogP contribution in [0.25, 0.3) is 27.7 Å². The number of thioether (sulfide) groups is 1. The Morgan fingerprint density at radius 3 is 2.73 bits per heavy atom. The number of amidine groups is 1. The molecule has 0 spiro atoms. The number of nitrogens with one attached hydrogen (secondary N) is 1. The minimum absolute atomic E-state index is 0.218. The van der Waals surface area contributed by atoms with E-state index < -0.39 is 0 Å². The number of hydrogen-bond acceptors (Lipinski definition) is 7. The molecule has 3 aromatic rings. The molecule has 0 fully saturated rings. The van der Waals surface area contributed by atoms with Gasteiger partial charge in [-0.15, -0.1) is 0 Å². The highest BCUT2D eigenvalue weighted by Gasteiger charge is 2.18. The number of allylic oxidation sites excluding steroid dienone is 1. The smallest absolute Gasteiger partial charge is 0.250 e. The molecule has 172 valence electrons. The molecule has 1 aromatic heterocycles. The second-order valence-electron chi connectivity index (χ2n) is 7.35.